The van der Waals surface area contributed by atoms with Crippen molar-refractivity contribution in [1.82, 2.24) is 14.8 Å². The van der Waals surface area contributed by atoms with Crippen molar-refractivity contribution in [2.24, 2.45) is 0 Å². The zero-order valence-electron chi connectivity index (χ0n) is 22.8. The van der Waals surface area contributed by atoms with E-state index in [0.717, 1.165) is 68.1 Å². The Hall–Kier alpha value is -3.46. The van der Waals surface area contributed by atoms with Crippen LogP contribution in [0, 0.1) is 12.7 Å². The Labute approximate surface area is 229 Å². The molecular weight excluding hydrogens is 493 g/mol. The molecule has 3 heterocycles. The first-order valence-electron chi connectivity index (χ1n) is 13.9. The van der Waals surface area contributed by atoms with Crippen molar-refractivity contribution < 1.29 is 13.5 Å². The number of oxazole rings is 1. The smallest absolute Gasteiger partial charge is 0.300 e. The van der Waals surface area contributed by atoms with E-state index in [2.05, 4.69) is 57.0 Å². The van der Waals surface area contributed by atoms with Gasteiger partial charge in [0, 0.05) is 68.3 Å². The Bertz CT molecular complexity index is 1440. The van der Waals surface area contributed by atoms with Crippen molar-refractivity contribution in [2.45, 2.75) is 20.4 Å². The van der Waals surface area contributed by atoms with Crippen molar-refractivity contribution in [2.75, 3.05) is 69.2 Å². The minimum Gasteiger partial charge on any atom is -0.423 e. The third-order valence-corrected chi connectivity index (χ3v) is 7.88. The highest BCUT2D eigenvalue weighted by molar-refractivity contribution is 5.91. The average Bonchev–Trinajstić information content (AvgIpc) is 3.37. The lowest BCUT2D eigenvalue weighted by molar-refractivity contribution is 0.0337. The van der Waals surface area contributed by atoms with E-state index in [-0.39, 0.29) is 5.82 Å². The van der Waals surface area contributed by atoms with E-state index in [1.165, 1.54) is 11.3 Å². The fourth-order valence-corrected chi connectivity index (χ4v) is 5.59. The van der Waals surface area contributed by atoms with E-state index in [1.54, 1.807) is 6.07 Å². The Morgan fingerprint density at radius 2 is 1.74 bits per heavy atom. The molecule has 6 rings (SSSR count). The van der Waals surface area contributed by atoms with Gasteiger partial charge in [-0.1, -0.05) is 31.2 Å². The van der Waals surface area contributed by atoms with Crippen LogP contribution in [0.3, 0.4) is 0 Å². The highest BCUT2D eigenvalue weighted by Gasteiger charge is 2.19. The van der Waals surface area contributed by atoms with Gasteiger partial charge in [0.2, 0.25) is 0 Å². The first kappa shape index (κ1) is 25.8. The van der Waals surface area contributed by atoms with Crippen molar-refractivity contribution in [3.05, 3.63) is 71.5 Å². The molecule has 0 spiro atoms. The molecule has 8 heteroatoms. The molecule has 3 aromatic carbocycles. The summed E-state index contributed by atoms with van der Waals surface area (Å²) in [5.74, 6) is -0.208. The van der Waals surface area contributed by atoms with Gasteiger partial charge in [-0.2, -0.15) is 4.98 Å². The zero-order valence-corrected chi connectivity index (χ0v) is 22.8. The highest BCUT2D eigenvalue weighted by Crippen LogP contribution is 2.33. The van der Waals surface area contributed by atoms with Crippen molar-refractivity contribution in [3.8, 4) is 11.1 Å². The quantitative estimate of drug-likeness (QED) is 0.332. The third kappa shape index (κ3) is 5.64. The van der Waals surface area contributed by atoms with Gasteiger partial charge in [0.15, 0.2) is 5.58 Å². The number of hydrogen-bond acceptors (Lipinski definition) is 7. The molecule has 39 heavy (non-hydrogen) atoms. The van der Waals surface area contributed by atoms with Gasteiger partial charge >= 0.3 is 0 Å². The summed E-state index contributed by atoms with van der Waals surface area (Å²) < 4.78 is 26.7. The SMILES string of the molecule is CCN1CCN(c2ccc(Nc3nc4cccc(-c5ccc(CN6CCOCC6)c(F)c5)c4o3)cc2C)CC1. The number of nitrogens with zero attached hydrogens (tertiary/aromatic N) is 4. The van der Waals surface area contributed by atoms with Gasteiger partial charge in [0.05, 0.1) is 13.2 Å². The number of ether oxygens (including phenoxy) is 1. The fraction of sp³-hybridized carbons (Fsp3) is 0.387. The molecule has 204 valence electrons. The van der Waals surface area contributed by atoms with Crippen LogP contribution in [-0.2, 0) is 11.3 Å². The van der Waals surface area contributed by atoms with Gasteiger partial charge < -0.3 is 24.3 Å². The number of aromatic nitrogens is 1. The second-order valence-electron chi connectivity index (χ2n) is 10.4. The number of halogens is 1. The first-order chi connectivity index (χ1) is 19.1. The predicted octanol–water partition coefficient (Wildman–Crippen LogP) is 5.66. The van der Waals surface area contributed by atoms with E-state index in [4.69, 9.17) is 9.15 Å². The molecule has 2 aliphatic heterocycles. The van der Waals surface area contributed by atoms with E-state index in [9.17, 15) is 0 Å². The molecule has 0 atom stereocenters. The standard InChI is InChI=1S/C31H36FN5O2/c1-3-35-11-13-37(14-12-35)29-10-9-25(19-22(29)2)33-31-34-28-6-4-5-26(30(28)39-31)23-7-8-24(27(32)20-23)21-36-15-17-38-18-16-36/h4-10,19-20H,3,11-18,21H2,1-2H3,(H,33,34). The number of benzene rings is 3. The number of nitrogens with one attached hydrogen (secondary N) is 1. The second kappa shape index (κ2) is 11.3. The van der Waals surface area contributed by atoms with Crippen LogP contribution in [0.1, 0.15) is 18.1 Å². The first-order valence-corrected chi connectivity index (χ1v) is 13.9. The van der Waals surface area contributed by atoms with Gasteiger partial charge in [0.25, 0.3) is 6.01 Å². The molecule has 0 radical (unpaired) electrons. The van der Waals surface area contributed by atoms with E-state index in [0.29, 0.717) is 36.9 Å². The molecule has 0 aliphatic carbocycles. The highest BCUT2D eigenvalue weighted by atomic mass is 19.1. The lowest BCUT2D eigenvalue weighted by atomic mass is 10.0. The van der Waals surface area contributed by atoms with Gasteiger partial charge in [0.1, 0.15) is 11.3 Å². The van der Waals surface area contributed by atoms with E-state index in [1.807, 2.05) is 30.3 Å². The summed E-state index contributed by atoms with van der Waals surface area (Å²) in [6, 6.07) is 18.0. The minimum absolute atomic E-state index is 0.208. The van der Waals surface area contributed by atoms with Gasteiger partial charge in [-0.05, 0) is 54.9 Å². The second-order valence-corrected chi connectivity index (χ2v) is 10.4. The van der Waals surface area contributed by atoms with Crippen molar-refractivity contribution in [1.29, 1.82) is 0 Å². The summed E-state index contributed by atoms with van der Waals surface area (Å²) >= 11 is 0. The molecular formula is C31H36FN5O2. The molecule has 2 aliphatic rings. The molecule has 2 saturated heterocycles. The summed E-state index contributed by atoms with van der Waals surface area (Å²) in [5, 5.41) is 3.33. The van der Waals surface area contributed by atoms with Crippen LogP contribution in [0.2, 0.25) is 0 Å². The number of fused-ring (bicyclic) bond motifs is 1. The maximum atomic E-state index is 15.1. The minimum atomic E-state index is -0.208. The number of aryl methyl sites for hydroxylation is 1. The lowest BCUT2D eigenvalue weighted by Gasteiger charge is -2.36. The van der Waals surface area contributed by atoms with Crippen LogP contribution in [0.5, 0.6) is 0 Å². The van der Waals surface area contributed by atoms with Crippen LogP contribution >= 0.6 is 0 Å². The molecule has 7 nitrogen and oxygen atoms in total. The average molecular weight is 530 g/mol. The summed E-state index contributed by atoms with van der Waals surface area (Å²) in [7, 11) is 0. The summed E-state index contributed by atoms with van der Waals surface area (Å²) in [6.45, 7) is 13.4. The Kier molecular flexibility index (Phi) is 7.50. The van der Waals surface area contributed by atoms with Crippen molar-refractivity contribution in [3.63, 3.8) is 0 Å². The van der Waals surface area contributed by atoms with Crippen molar-refractivity contribution >= 4 is 28.5 Å². The Morgan fingerprint density at radius 3 is 2.49 bits per heavy atom. The number of morpholine rings is 1. The molecule has 0 unspecified atom stereocenters. The van der Waals surface area contributed by atoms with E-state index >= 15 is 4.39 Å². The molecule has 4 aromatic rings. The van der Waals surface area contributed by atoms with Crippen LogP contribution in [0.25, 0.3) is 22.2 Å². The third-order valence-electron chi connectivity index (χ3n) is 7.88. The summed E-state index contributed by atoms with van der Waals surface area (Å²) in [6.07, 6.45) is 0. The number of piperazine rings is 1. The Balaban J connectivity index is 1.19. The monoisotopic (exact) mass is 529 g/mol. The molecule has 0 bridgehead atoms. The predicted molar refractivity (Wildman–Crippen MR) is 154 cm³/mol. The number of anilines is 3. The number of para-hydroxylation sites is 1. The van der Waals surface area contributed by atoms with Gasteiger partial charge in [-0.15, -0.1) is 0 Å². The Morgan fingerprint density at radius 1 is 0.923 bits per heavy atom. The molecule has 1 N–H and O–H groups in total. The summed E-state index contributed by atoms with van der Waals surface area (Å²) in [5.41, 5.74) is 7.08. The largest absolute Gasteiger partial charge is 0.423 e. The van der Waals surface area contributed by atoms with Gasteiger partial charge in [-0.25, -0.2) is 4.39 Å². The number of hydrogen-bond donors (Lipinski definition) is 1. The normalized spacial score (nSPS) is 17.2. The lowest BCUT2D eigenvalue weighted by Crippen LogP contribution is -2.46. The zero-order chi connectivity index (χ0) is 26.8. The van der Waals surface area contributed by atoms with Gasteiger partial charge in [-0.3, -0.25) is 4.90 Å². The molecule has 0 saturated carbocycles. The number of rotatable bonds is 7. The summed E-state index contributed by atoms with van der Waals surface area (Å²) in [4.78, 5) is 11.8. The maximum Gasteiger partial charge on any atom is 0.300 e. The topological polar surface area (TPSA) is 57.0 Å². The van der Waals surface area contributed by atoms with Crippen LogP contribution in [0.4, 0.5) is 21.8 Å². The molecule has 1 aromatic heterocycles. The fourth-order valence-electron chi connectivity index (χ4n) is 5.59. The number of likely N-dealkylation sites (N-methyl/N-ethyl adjacent to an activating group) is 1. The maximum absolute atomic E-state index is 15.1. The van der Waals surface area contributed by atoms with Crippen LogP contribution in [0.15, 0.2) is 59.0 Å². The molecule has 2 fully saturated rings. The van der Waals surface area contributed by atoms with Crippen LogP contribution < -0.4 is 10.2 Å². The van der Waals surface area contributed by atoms with Crippen LogP contribution in [-0.4, -0.2) is 73.8 Å². The van der Waals surface area contributed by atoms with E-state index < -0.39 is 0 Å². The molecule has 0 amide bonds.